The fraction of sp³-hybridized carbons (Fsp3) is 0.391. The summed E-state index contributed by atoms with van der Waals surface area (Å²) in [5.74, 6) is 7.11. The van der Waals surface area contributed by atoms with E-state index in [1.165, 1.54) is 0 Å². The first kappa shape index (κ1) is 19.4. The zero-order chi connectivity index (χ0) is 19.1. The van der Waals surface area contributed by atoms with Crippen molar-refractivity contribution in [2.75, 3.05) is 26.9 Å². The molecular weight excluding hydrogens is 341 g/mol. The lowest BCUT2D eigenvalue weighted by atomic mass is 9.87. The number of methoxy groups -OCH3 is 1. The van der Waals surface area contributed by atoms with Gasteiger partial charge in [-0.25, -0.2) is 4.39 Å². The summed E-state index contributed by atoms with van der Waals surface area (Å²) in [5.41, 5.74) is 1.40. The van der Waals surface area contributed by atoms with Crippen molar-refractivity contribution in [1.29, 1.82) is 0 Å². The Kier molecular flexibility index (Phi) is 6.49. The third kappa shape index (κ3) is 5.09. The number of hydrogen-bond donors (Lipinski definition) is 1. The summed E-state index contributed by atoms with van der Waals surface area (Å²) in [6, 6.07) is 15.7. The largest absolute Gasteiger partial charge is 0.497 e. The van der Waals surface area contributed by atoms with Crippen LogP contribution in [-0.2, 0) is 10.4 Å². The van der Waals surface area contributed by atoms with Crippen LogP contribution in [0.3, 0.4) is 0 Å². The van der Waals surface area contributed by atoms with Crippen LogP contribution in [0, 0.1) is 11.8 Å². The zero-order valence-electron chi connectivity index (χ0n) is 15.9. The van der Waals surface area contributed by atoms with E-state index in [0.29, 0.717) is 38.2 Å². The van der Waals surface area contributed by atoms with E-state index in [2.05, 4.69) is 30.1 Å². The zero-order valence-corrected chi connectivity index (χ0v) is 15.9. The average Bonchev–Trinajstić information content (AvgIpc) is 2.72. The maximum atomic E-state index is 15.1. The first-order valence-electron chi connectivity index (χ1n) is 9.34. The molecule has 0 bridgehead atoms. The Morgan fingerprint density at radius 2 is 1.96 bits per heavy atom. The van der Waals surface area contributed by atoms with Gasteiger partial charge in [0.25, 0.3) is 0 Å². The second-order valence-electron chi connectivity index (χ2n) is 6.84. The quantitative estimate of drug-likeness (QED) is 0.796. The van der Waals surface area contributed by atoms with E-state index in [0.717, 1.165) is 16.9 Å². The van der Waals surface area contributed by atoms with Crippen molar-refractivity contribution in [2.45, 2.75) is 31.5 Å². The number of rotatable bonds is 5. The molecule has 1 aliphatic rings. The van der Waals surface area contributed by atoms with Crippen LogP contribution in [0.2, 0.25) is 0 Å². The van der Waals surface area contributed by atoms with Gasteiger partial charge in [0.05, 0.1) is 13.7 Å². The Hall–Kier alpha value is -2.35. The molecule has 1 heterocycles. The molecule has 1 N–H and O–H groups in total. The van der Waals surface area contributed by atoms with Crippen LogP contribution >= 0.6 is 0 Å². The van der Waals surface area contributed by atoms with Gasteiger partial charge in [-0.2, -0.15) is 0 Å². The fourth-order valence-electron chi connectivity index (χ4n) is 3.24. The highest BCUT2D eigenvalue weighted by Crippen LogP contribution is 2.36. The lowest BCUT2D eigenvalue weighted by Crippen LogP contribution is -2.29. The molecule has 1 atom stereocenters. The third-order valence-electron chi connectivity index (χ3n) is 4.99. The standard InChI is InChI=1S/C23H26FNO2/c1-18(20-8-4-10-22(17-20)26-2)25-13-5-7-19-6-3-9-21(16-19)23(24)11-14-27-15-12-23/h3-4,6,8-10,16-18,25H,11-15H2,1-2H3/t18-/m1/s1. The van der Waals surface area contributed by atoms with Crippen molar-refractivity contribution < 1.29 is 13.9 Å². The summed E-state index contributed by atoms with van der Waals surface area (Å²) in [6.07, 6.45) is 0.812. The minimum absolute atomic E-state index is 0.164. The average molecular weight is 367 g/mol. The lowest BCUT2D eigenvalue weighted by molar-refractivity contribution is -0.0115. The molecule has 0 aromatic heterocycles. The van der Waals surface area contributed by atoms with E-state index >= 15 is 4.39 Å². The summed E-state index contributed by atoms with van der Waals surface area (Å²) in [7, 11) is 1.67. The molecule has 27 heavy (non-hydrogen) atoms. The van der Waals surface area contributed by atoms with E-state index in [1.807, 2.05) is 42.5 Å². The Bertz CT molecular complexity index is 818. The number of benzene rings is 2. The van der Waals surface area contributed by atoms with Crippen LogP contribution in [0.4, 0.5) is 4.39 Å². The highest BCUT2D eigenvalue weighted by Gasteiger charge is 2.34. The molecule has 0 amide bonds. The van der Waals surface area contributed by atoms with Gasteiger partial charge in [-0.05, 0) is 42.3 Å². The van der Waals surface area contributed by atoms with Crippen molar-refractivity contribution in [2.24, 2.45) is 0 Å². The minimum atomic E-state index is -1.30. The molecule has 3 nitrogen and oxygen atoms in total. The molecule has 1 saturated heterocycles. The van der Waals surface area contributed by atoms with Gasteiger partial charge in [-0.1, -0.05) is 36.1 Å². The Balaban J connectivity index is 1.60. The molecular formula is C23H26FNO2. The van der Waals surface area contributed by atoms with Crippen molar-refractivity contribution in [3.63, 3.8) is 0 Å². The van der Waals surface area contributed by atoms with E-state index in [4.69, 9.17) is 9.47 Å². The summed E-state index contributed by atoms with van der Waals surface area (Å²) in [6.45, 7) is 3.59. The highest BCUT2D eigenvalue weighted by atomic mass is 19.1. The van der Waals surface area contributed by atoms with E-state index in [9.17, 15) is 0 Å². The Labute approximate surface area is 160 Å². The van der Waals surface area contributed by atoms with Crippen LogP contribution in [0.25, 0.3) is 0 Å². The predicted molar refractivity (Wildman–Crippen MR) is 106 cm³/mol. The van der Waals surface area contributed by atoms with Crippen LogP contribution in [0.15, 0.2) is 48.5 Å². The van der Waals surface area contributed by atoms with Crippen molar-refractivity contribution in [1.82, 2.24) is 5.32 Å². The van der Waals surface area contributed by atoms with Crippen LogP contribution < -0.4 is 10.1 Å². The third-order valence-corrected chi connectivity index (χ3v) is 4.99. The maximum absolute atomic E-state index is 15.1. The second-order valence-corrected chi connectivity index (χ2v) is 6.84. The van der Waals surface area contributed by atoms with Crippen molar-refractivity contribution >= 4 is 0 Å². The molecule has 3 rings (SSSR count). The Morgan fingerprint density at radius 1 is 1.19 bits per heavy atom. The molecule has 1 aliphatic heterocycles. The number of hydrogen-bond acceptors (Lipinski definition) is 3. The van der Waals surface area contributed by atoms with Gasteiger partial charge in [0.2, 0.25) is 0 Å². The smallest absolute Gasteiger partial charge is 0.140 e. The normalized spacial score (nSPS) is 16.9. The number of ether oxygens (including phenoxy) is 2. The molecule has 2 aromatic carbocycles. The van der Waals surface area contributed by atoms with Crippen molar-refractivity contribution in [3.8, 4) is 17.6 Å². The fourth-order valence-corrected chi connectivity index (χ4v) is 3.24. The summed E-state index contributed by atoms with van der Waals surface area (Å²) in [5, 5.41) is 3.39. The topological polar surface area (TPSA) is 30.5 Å². The van der Waals surface area contributed by atoms with Gasteiger partial charge < -0.3 is 9.47 Å². The second kappa shape index (κ2) is 9.03. The van der Waals surface area contributed by atoms with Gasteiger partial charge in [0, 0.05) is 37.7 Å². The molecule has 1 fully saturated rings. The van der Waals surface area contributed by atoms with Gasteiger partial charge >= 0.3 is 0 Å². The molecule has 0 radical (unpaired) electrons. The van der Waals surface area contributed by atoms with Gasteiger partial charge in [0.15, 0.2) is 0 Å². The number of alkyl halides is 1. The molecule has 0 unspecified atom stereocenters. The molecule has 2 aromatic rings. The first-order chi connectivity index (χ1) is 13.1. The summed E-state index contributed by atoms with van der Waals surface area (Å²) < 4.78 is 25.6. The van der Waals surface area contributed by atoms with E-state index < -0.39 is 5.67 Å². The summed E-state index contributed by atoms with van der Waals surface area (Å²) in [4.78, 5) is 0. The monoisotopic (exact) mass is 367 g/mol. The molecule has 0 spiro atoms. The van der Waals surface area contributed by atoms with Gasteiger partial charge in [0.1, 0.15) is 11.4 Å². The molecule has 142 valence electrons. The SMILES string of the molecule is COc1cccc([C@@H](C)NCC#Cc2cccc(C3(F)CCOCC3)c2)c1. The molecule has 4 heteroatoms. The minimum Gasteiger partial charge on any atom is -0.497 e. The molecule has 0 aliphatic carbocycles. The summed E-state index contributed by atoms with van der Waals surface area (Å²) >= 11 is 0. The maximum Gasteiger partial charge on any atom is 0.140 e. The van der Waals surface area contributed by atoms with Crippen LogP contribution in [0.1, 0.15) is 42.5 Å². The molecule has 0 saturated carbocycles. The predicted octanol–water partition coefficient (Wildman–Crippen LogP) is 4.37. The number of halogens is 1. The highest BCUT2D eigenvalue weighted by molar-refractivity contribution is 5.39. The van der Waals surface area contributed by atoms with Crippen LogP contribution in [0.5, 0.6) is 5.75 Å². The van der Waals surface area contributed by atoms with Gasteiger partial charge in [-0.15, -0.1) is 0 Å². The van der Waals surface area contributed by atoms with E-state index in [-0.39, 0.29) is 6.04 Å². The van der Waals surface area contributed by atoms with Gasteiger partial charge in [-0.3, -0.25) is 5.32 Å². The Morgan fingerprint density at radius 3 is 2.74 bits per heavy atom. The van der Waals surface area contributed by atoms with Crippen LogP contribution in [-0.4, -0.2) is 26.9 Å². The first-order valence-corrected chi connectivity index (χ1v) is 9.34. The number of nitrogens with one attached hydrogen (secondary N) is 1. The van der Waals surface area contributed by atoms with Crippen molar-refractivity contribution in [3.05, 3.63) is 65.2 Å². The lowest BCUT2D eigenvalue weighted by Gasteiger charge is -2.30. The van der Waals surface area contributed by atoms with E-state index in [1.54, 1.807) is 7.11 Å².